The van der Waals surface area contributed by atoms with Crippen molar-refractivity contribution in [1.29, 1.82) is 0 Å². The molecule has 4 rings (SSSR count). The van der Waals surface area contributed by atoms with Crippen LogP contribution < -0.4 is 5.32 Å². The SMILES string of the molecule is CC1CCCN(S(=O)(=O)c2cc(C(=O)Nc3ncc(Cc4ccccc4)s3)ccc2Cl)C1. The van der Waals surface area contributed by atoms with Crippen LogP contribution in [0.25, 0.3) is 0 Å². The lowest BCUT2D eigenvalue weighted by molar-refractivity contribution is 0.102. The van der Waals surface area contributed by atoms with Crippen LogP contribution in [0, 0.1) is 5.92 Å². The second-order valence-corrected chi connectivity index (χ2v) is 11.4. The molecule has 2 aromatic carbocycles. The molecule has 9 heteroatoms. The van der Waals surface area contributed by atoms with Gasteiger partial charge in [-0.15, -0.1) is 11.3 Å². The van der Waals surface area contributed by atoms with Crippen molar-refractivity contribution in [1.82, 2.24) is 9.29 Å². The predicted octanol–water partition coefficient (Wildman–Crippen LogP) is 5.06. The Bertz CT molecular complexity index is 1210. The second-order valence-electron chi connectivity index (χ2n) is 8.00. The van der Waals surface area contributed by atoms with Gasteiger partial charge in [-0.05, 0) is 42.5 Å². The zero-order valence-corrected chi connectivity index (χ0v) is 20.0. The molecular formula is C23H24ClN3O3S2. The van der Waals surface area contributed by atoms with Gasteiger partial charge in [0.15, 0.2) is 5.13 Å². The number of carbonyl (C=O) groups is 1. The van der Waals surface area contributed by atoms with Crippen molar-refractivity contribution in [2.75, 3.05) is 18.4 Å². The van der Waals surface area contributed by atoms with Crippen molar-refractivity contribution in [2.24, 2.45) is 5.92 Å². The first-order valence-corrected chi connectivity index (χ1v) is 13.1. The summed E-state index contributed by atoms with van der Waals surface area (Å²) in [5.74, 6) is -0.135. The van der Waals surface area contributed by atoms with E-state index in [4.69, 9.17) is 11.6 Å². The van der Waals surface area contributed by atoms with Crippen LogP contribution in [0.1, 0.15) is 40.6 Å². The van der Waals surface area contributed by atoms with Crippen molar-refractivity contribution >= 4 is 44.0 Å². The van der Waals surface area contributed by atoms with Crippen molar-refractivity contribution in [3.05, 3.63) is 75.8 Å². The van der Waals surface area contributed by atoms with Crippen LogP contribution >= 0.6 is 22.9 Å². The smallest absolute Gasteiger partial charge is 0.257 e. The van der Waals surface area contributed by atoms with E-state index in [1.165, 1.54) is 33.8 Å². The van der Waals surface area contributed by atoms with Gasteiger partial charge in [-0.3, -0.25) is 10.1 Å². The van der Waals surface area contributed by atoms with E-state index in [1.807, 2.05) is 37.3 Å². The minimum Gasteiger partial charge on any atom is -0.298 e. The molecule has 1 unspecified atom stereocenters. The van der Waals surface area contributed by atoms with Crippen LogP contribution in [0.4, 0.5) is 5.13 Å². The molecule has 6 nitrogen and oxygen atoms in total. The van der Waals surface area contributed by atoms with Crippen molar-refractivity contribution in [3.63, 3.8) is 0 Å². The first-order chi connectivity index (χ1) is 15.3. The van der Waals surface area contributed by atoms with Gasteiger partial charge in [-0.2, -0.15) is 4.31 Å². The maximum Gasteiger partial charge on any atom is 0.257 e. The zero-order valence-electron chi connectivity index (χ0n) is 17.6. The molecule has 1 saturated heterocycles. The van der Waals surface area contributed by atoms with E-state index in [0.29, 0.717) is 24.1 Å². The number of hydrogen-bond donors (Lipinski definition) is 1. The molecule has 1 aliphatic rings. The number of aromatic nitrogens is 1. The van der Waals surface area contributed by atoms with Gasteiger partial charge in [0.2, 0.25) is 10.0 Å². The number of anilines is 1. The van der Waals surface area contributed by atoms with Gasteiger partial charge in [0.1, 0.15) is 4.90 Å². The largest absolute Gasteiger partial charge is 0.298 e. The predicted molar refractivity (Wildman–Crippen MR) is 128 cm³/mol. The summed E-state index contributed by atoms with van der Waals surface area (Å²) in [5.41, 5.74) is 1.38. The molecule has 1 aromatic heterocycles. The van der Waals surface area contributed by atoms with Gasteiger partial charge in [-0.25, -0.2) is 13.4 Å². The Labute approximate surface area is 197 Å². The van der Waals surface area contributed by atoms with E-state index in [-0.39, 0.29) is 15.5 Å². The molecule has 1 fully saturated rings. The molecule has 32 heavy (non-hydrogen) atoms. The number of sulfonamides is 1. The van der Waals surface area contributed by atoms with Crippen LogP contribution in [0.5, 0.6) is 0 Å². The van der Waals surface area contributed by atoms with Crippen LogP contribution in [0.3, 0.4) is 0 Å². The van der Waals surface area contributed by atoms with Crippen LogP contribution in [0.15, 0.2) is 59.6 Å². The van der Waals surface area contributed by atoms with Gasteiger partial charge in [0.05, 0.1) is 5.02 Å². The summed E-state index contributed by atoms with van der Waals surface area (Å²) < 4.78 is 27.8. The molecule has 0 aliphatic carbocycles. The minimum atomic E-state index is -3.78. The van der Waals surface area contributed by atoms with Crippen LogP contribution in [-0.2, 0) is 16.4 Å². The van der Waals surface area contributed by atoms with E-state index in [1.54, 1.807) is 6.20 Å². The summed E-state index contributed by atoms with van der Waals surface area (Å²) >= 11 is 7.62. The van der Waals surface area contributed by atoms with Gasteiger partial charge < -0.3 is 0 Å². The fourth-order valence-electron chi connectivity index (χ4n) is 3.76. The maximum absolute atomic E-state index is 13.2. The van der Waals surface area contributed by atoms with Crippen molar-refractivity contribution < 1.29 is 13.2 Å². The quantitative estimate of drug-likeness (QED) is 0.524. The maximum atomic E-state index is 13.2. The summed E-state index contributed by atoms with van der Waals surface area (Å²) in [6.45, 7) is 2.95. The first-order valence-electron chi connectivity index (χ1n) is 10.4. The van der Waals surface area contributed by atoms with Crippen LogP contribution in [0.2, 0.25) is 5.02 Å². The van der Waals surface area contributed by atoms with Gasteiger partial charge >= 0.3 is 0 Å². The highest BCUT2D eigenvalue weighted by Crippen LogP contribution is 2.29. The topological polar surface area (TPSA) is 79.4 Å². The Morgan fingerprint density at radius 1 is 1.25 bits per heavy atom. The highest BCUT2D eigenvalue weighted by atomic mass is 35.5. The Morgan fingerprint density at radius 2 is 2.03 bits per heavy atom. The first kappa shape index (κ1) is 22.9. The number of rotatable bonds is 6. The molecule has 0 bridgehead atoms. The van der Waals surface area contributed by atoms with E-state index >= 15 is 0 Å². The number of amides is 1. The van der Waals surface area contributed by atoms with E-state index in [0.717, 1.165) is 29.7 Å². The standard InChI is InChI=1S/C23H24ClN3O3S2/c1-16-6-5-11-27(15-16)32(29,30)21-13-18(9-10-20(21)24)22(28)26-23-25-14-19(31-23)12-17-7-3-2-4-8-17/h2-4,7-10,13-14,16H,5-6,11-12,15H2,1H3,(H,25,26,28). The third-order valence-electron chi connectivity index (χ3n) is 5.43. The molecule has 1 N–H and O–H groups in total. The van der Waals surface area contributed by atoms with Crippen molar-refractivity contribution in [2.45, 2.75) is 31.1 Å². The number of thiazole rings is 1. The normalized spacial score (nSPS) is 17.2. The highest BCUT2D eigenvalue weighted by molar-refractivity contribution is 7.89. The van der Waals surface area contributed by atoms with Gasteiger partial charge in [0.25, 0.3) is 5.91 Å². The molecule has 0 radical (unpaired) electrons. The Balaban J connectivity index is 1.50. The Morgan fingerprint density at radius 3 is 2.78 bits per heavy atom. The van der Waals surface area contributed by atoms with Gasteiger partial charge in [-0.1, -0.05) is 48.9 Å². The number of halogens is 1. The third-order valence-corrected chi connectivity index (χ3v) is 8.69. The average molecular weight is 490 g/mol. The fourth-order valence-corrected chi connectivity index (χ4v) is 6.70. The van der Waals surface area contributed by atoms with E-state index in [9.17, 15) is 13.2 Å². The molecule has 0 spiro atoms. The fraction of sp³-hybridized carbons (Fsp3) is 0.304. The summed E-state index contributed by atoms with van der Waals surface area (Å²) in [6, 6.07) is 14.3. The average Bonchev–Trinajstić information content (AvgIpc) is 3.21. The summed E-state index contributed by atoms with van der Waals surface area (Å²) in [6.07, 6.45) is 4.28. The number of nitrogens with zero attached hydrogens (tertiary/aromatic N) is 2. The molecule has 1 aliphatic heterocycles. The molecule has 0 saturated carbocycles. The lowest BCUT2D eigenvalue weighted by Gasteiger charge is -2.30. The molecular weight excluding hydrogens is 466 g/mol. The summed E-state index contributed by atoms with van der Waals surface area (Å²) in [4.78, 5) is 18.1. The monoisotopic (exact) mass is 489 g/mol. The number of benzene rings is 2. The lowest BCUT2D eigenvalue weighted by atomic mass is 10.0. The summed E-state index contributed by atoms with van der Waals surface area (Å²) in [5, 5.41) is 3.34. The number of hydrogen-bond acceptors (Lipinski definition) is 5. The van der Waals surface area contributed by atoms with Gasteiger partial charge in [0, 0.05) is 36.1 Å². The lowest BCUT2D eigenvalue weighted by Crippen LogP contribution is -2.39. The number of piperidine rings is 1. The van der Waals surface area contributed by atoms with E-state index in [2.05, 4.69) is 10.3 Å². The van der Waals surface area contributed by atoms with E-state index < -0.39 is 15.9 Å². The zero-order chi connectivity index (χ0) is 22.7. The molecule has 2 heterocycles. The van der Waals surface area contributed by atoms with Crippen molar-refractivity contribution in [3.8, 4) is 0 Å². The third kappa shape index (κ3) is 5.20. The number of carbonyl (C=O) groups excluding carboxylic acids is 1. The minimum absolute atomic E-state index is 0.0372. The number of nitrogens with one attached hydrogen (secondary N) is 1. The molecule has 3 aromatic rings. The molecule has 1 atom stereocenters. The molecule has 168 valence electrons. The Kier molecular flexibility index (Phi) is 6.95. The highest BCUT2D eigenvalue weighted by Gasteiger charge is 2.31. The molecule has 1 amide bonds. The van der Waals surface area contributed by atoms with Crippen LogP contribution in [-0.4, -0.2) is 36.7 Å². The Hall–Kier alpha value is -2.26. The second kappa shape index (κ2) is 9.70. The summed E-state index contributed by atoms with van der Waals surface area (Å²) in [7, 11) is -3.78.